The molecule has 0 aromatic heterocycles. The van der Waals surface area contributed by atoms with Crippen molar-refractivity contribution >= 4 is 5.97 Å². The van der Waals surface area contributed by atoms with Crippen molar-refractivity contribution < 1.29 is 19.4 Å². The summed E-state index contributed by atoms with van der Waals surface area (Å²) in [5, 5.41) is 9.45. The SMILES string of the molecule is CC1(C2(C(=O)O)CCCCC2)OCCO1. The molecule has 1 heterocycles. The summed E-state index contributed by atoms with van der Waals surface area (Å²) < 4.78 is 11.1. The van der Waals surface area contributed by atoms with E-state index in [1.807, 2.05) is 0 Å². The molecular weight excluding hydrogens is 196 g/mol. The number of ether oxygens (including phenoxy) is 2. The quantitative estimate of drug-likeness (QED) is 0.761. The second kappa shape index (κ2) is 3.76. The smallest absolute Gasteiger partial charge is 0.315 e. The zero-order chi connectivity index (χ0) is 10.9. The van der Waals surface area contributed by atoms with E-state index in [1.54, 1.807) is 6.92 Å². The van der Waals surface area contributed by atoms with Gasteiger partial charge in [-0.05, 0) is 19.8 Å². The van der Waals surface area contributed by atoms with Gasteiger partial charge in [0.15, 0.2) is 5.79 Å². The predicted octanol–water partition coefficient (Wildman–Crippen LogP) is 1.78. The normalized spacial score (nSPS) is 28.9. The third-order valence-electron chi connectivity index (χ3n) is 3.82. The second-order valence-electron chi connectivity index (χ2n) is 4.59. The van der Waals surface area contributed by atoms with E-state index < -0.39 is 17.2 Å². The Labute approximate surface area is 89.6 Å². The summed E-state index contributed by atoms with van der Waals surface area (Å²) in [5.74, 6) is -1.69. The molecule has 86 valence electrons. The van der Waals surface area contributed by atoms with E-state index >= 15 is 0 Å². The average Bonchev–Trinajstić information content (AvgIpc) is 2.67. The van der Waals surface area contributed by atoms with Gasteiger partial charge in [-0.15, -0.1) is 0 Å². The van der Waals surface area contributed by atoms with Crippen LogP contribution in [0.1, 0.15) is 39.0 Å². The fourth-order valence-corrected chi connectivity index (χ4v) is 2.81. The van der Waals surface area contributed by atoms with Crippen molar-refractivity contribution in [2.75, 3.05) is 13.2 Å². The first-order valence-corrected chi connectivity index (χ1v) is 5.62. The maximum Gasteiger partial charge on any atom is 0.315 e. The van der Waals surface area contributed by atoms with Crippen LogP contribution in [0, 0.1) is 5.41 Å². The van der Waals surface area contributed by atoms with Crippen LogP contribution in [0.15, 0.2) is 0 Å². The third-order valence-corrected chi connectivity index (χ3v) is 3.82. The van der Waals surface area contributed by atoms with Gasteiger partial charge in [-0.3, -0.25) is 4.79 Å². The lowest BCUT2D eigenvalue weighted by atomic mass is 9.68. The number of aliphatic carboxylic acids is 1. The number of hydrogen-bond acceptors (Lipinski definition) is 3. The zero-order valence-corrected chi connectivity index (χ0v) is 9.12. The van der Waals surface area contributed by atoms with Crippen LogP contribution in [0.2, 0.25) is 0 Å². The molecule has 0 aromatic carbocycles. The van der Waals surface area contributed by atoms with Gasteiger partial charge in [0.25, 0.3) is 0 Å². The van der Waals surface area contributed by atoms with Gasteiger partial charge in [0.1, 0.15) is 5.41 Å². The molecule has 0 amide bonds. The van der Waals surface area contributed by atoms with Crippen molar-refractivity contribution in [1.29, 1.82) is 0 Å². The Morgan fingerprint density at radius 2 is 1.67 bits per heavy atom. The zero-order valence-electron chi connectivity index (χ0n) is 9.12. The lowest BCUT2D eigenvalue weighted by Gasteiger charge is -2.43. The Morgan fingerprint density at radius 3 is 2.13 bits per heavy atom. The molecule has 15 heavy (non-hydrogen) atoms. The molecule has 0 radical (unpaired) electrons. The van der Waals surface area contributed by atoms with Gasteiger partial charge in [0.05, 0.1) is 13.2 Å². The van der Waals surface area contributed by atoms with E-state index in [-0.39, 0.29) is 0 Å². The van der Waals surface area contributed by atoms with E-state index in [2.05, 4.69) is 0 Å². The minimum absolute atomic E-state index is 0.505. The van der Waals surface area contributed by atoms with Crippen LogP contribution in [0.4, 0.5) is 0 Å². The van der Waals surface area contributed by atoms with Crippen LogP contribution in [-0.4, -0.2) is 30.1 Å². The first-order valence-electron chi connectivity index (χ1n) is 5.62. The molecule has 4 nitrogen and oxygen atoms in total. The van der Waals surface area contributed by atoms with E-state index in [9.17, 15) is 9.90 Å². The Kier molecular flexibility index (Phi) is 2.73. The molecule has 0 bridgehead atoms. The highest BCUT2D eigenvalue weighted by atomic mass is 16.7. The highest BCUT2D eigenvalue weighted by molar-refractivity contribution is 5.76. The standard InChI is InChI=1S/C11H18O4/c1-10(14-7-8-15-10)11(9(12)13)5-3-2-4-6-11/h2-8H2,1H3,(H,12,13). The number of rotatable bonds is 2. The number of carboxylic acid groups (broad SMARTS) is 1. The summed E-state index contributed by atoms with van der Waals surface area (Å²) in [5.41, 5.74) is -0.832. The molecule has 1 saturated carbocycles. The second-order valence-corrected chi connectivity index (χ2v) is 4.59. The van der Waals surface area contributed by atoms with Gasteiger partial charge < -0.3 is 14.6 Å². The molecule has 2 rings (SSSR count). The lowest BCUT2D eigenvalue weighted by Crippen LogP contribution is -2.53. The summed E-state index contributed by atoms with van der Waals surface area (Å²) in [7, 11) is 0. The Bertz CT molecular complexity index is 249. The highest BCUT2D eigenvalue weighted by Gasteiger charge is 2.58. The maximum absolute atomic E-state index is 11.5. The summed E-state index contributed by atoms with van der Waals surface area (Å²) >= 11 is 0. The average molecular weight is 214 g/mol. The van der Waals surface area contributed by atoms with Crippen LogP contribution in [0.25, 0.3) is 0 Å². The highest BCUT2D eigenvalue weighted by Crippen LogP contribution is 2.49. The largest absolute Gasteiger partial charge is 0.481 e. The van der Waals surface area contributed by atoms with Crippen LogP contribution >= 0.6 is 0 Å². The fraction of sp³-hybridized carbons (Fsp3) is 0.909. The minimum atomic E-state index is -0.917. The Balaban J connectivity index is 2.28. The fourth-order valence-electron chi connectivity index (χ4n) is 2.81. The molecule has 0 unspecified atom stereocenters. The molecule has 0 atom stereocenters. The maximum atomic E-state index is 11.5. The van der Waals surface area contributed by atoms with Gasteiger partial charge in [0, 0.05) is 0 Å². The summed E-state index contributed by atoms with van der Waals surface area (Å²) in [4.78, 5) is 11.5. The van der Waals surface area contributed by atoms with Crippen LogP contribution in [-0.2, 0) is 14.3 Å². The third kappa shape index (κ3) is 1.56. The summed E-state index contributed by atoms with van der Waals surface area (Å²) in [6.07, 6.45) is 4.35. The molecule has 2 aliphatic rings. The summed E-state index contributed by atoms with van der Waals surface area (Å²) in [6.45, 7) is 2.79. The number of carboxylic acids is 1. The van der Waals surface area contributed by atoms with Gasteiger partial charge in [-0.1, -0.05) is 19.3 Å². The Morgan fingerprint density at radius 1 is 1.13 bits per heavy atom. The van der Waals surface area contributed by atoms with Gasteiger partial charge in [0.2, 0.25) is 0 Å². The molecule has 1 saturated heterocycles. The molecular formula is C11H18O4. The number of hydrogen-bond donors (Lipinski definition) is 1. The van der Waals surface area contributed by atoms with Crippen molar-refractivity contribution in [2.45, 2.75) is 44.8 Å². The van der Waals surface area contributed by atoms with E-state index in [1.165, 1.54) is 0 Å². The molecule has 1 aliphatic heterocycles. The van der Waals surface area contributed by atoms with Crippen molar-refractivity contribution in [3.63, 3.8) is 0 Å². The molecule has 1 N–H and O–H groups in total. The molecule has 1 aliphatic carbocycles. The lowest BCUT2D eigenvalue weighted by molar-refractivity contribution is -0.239. The summed E-state index contributed by atoms with van der Waals surface area (Å²) in [6, 6.07) is 0. The van der Waals surface area contributed by atoms with Gasteiger partial charge in [-0.2, -0.15) is 0 Å². The first kappa shape index (κ1) is 10.9. The van der Waals surface area contributed by atoms with E-state index in [0.29, 0.717) is 26.1 Å². The predicted molar refractivity (Wildman–Crippen MR) is 53.5 cm³/mol. The minimum Gasteiger partial charge on any atom is -0.481 e. The van der Waals surface area contributed by atoms with Crippen molar-refractivity contribution in [1.82, 2.24) is 0 Å². The van der Waals surface area contributed by atoms with Crippen LogP contribution < -0.4 is 0 Å². The van der Waals surface area contributed by atoms with Crippen LogP contribution in [0.5, 0.6) is 0 Å². The van der Waals surface area contributed by atoms with Crippen LogP contribution in [0.3, 0.4) is 0 Å². The Hall–Kier alpha value is -0.610. The van der Waals surface area contributed by atoms with Crippen molar-refractivity contribution in [2.24, 2.45) is 5.41 Å². The van der Waals surface area contributed by atoms with Crippen molar-refractivity contribution in [3.8, 4) is 0 Å². The number of carbonyl (C=O) groups is 1. The molecule has 0 spiro atoms. The monoisotopic (exact) mass is 214 g/mol. The van der Waals surface area contributed by atoms with Gasteiger partial charge in [-0.25, -0.2) is 0 Å². The topological polar surface area (TPSA) is 55.8 Å². The van der Waals surface area contributed by atoms with Crippen molar-refractivity contribution in [3.05, 3.63) is 0 Å². The van der Waals surface area contributed by atoms with Gasteiger partial charge >= 0.3 is 5.97 Å². The van der Waals surface area contributed by atoms with E-state index in [0.717, 1.165) is 19.3 Å². The first-order chi connectivity index (χ1) is 7.11. The molecule has 4 heteroatoms. The molecule has 0 aromatic rings. The van der Waals surface area contributed by atoms with E-state index in [4.69, 9.17) is 9.47 Å². The molecule has 2 fully saturated rings.